The van der Waals surface area contributed by atoms with Crippen LogP contribution >= 0.6 is 0 Å². The number of carbonyl (C=O) groups excluding carboxylic acids is 1. The predicted octanol–water partition coefficient (Wildman–Crippen LogP) is 2.87. The molecule has 1 aliphatic rings. The summed E-state index contributed by atoms with van der Waals surface area (Å²) in [6.07, 6.45) is 3.55. The standard InChI is InChI=1S/C21H28N4O/c1-16-22-19(15-20(23-16)24(2)3)13-18-9-11-25(12-10-18)21(26)14-17-7-5-4-6-8-17/h4-8,15,18H,9-14H2,1-3H3. The van der Waals surface area contributed by atoms with E-state index in [1.54, 1.807) is 0 Å². The van der Waals surface area contributed by atoms with E-state index >= 15 is 0 Å². The van der Waals surface area contributed by atoms with Crippen LogP contribution in [0.3, 0.4) is 0 Å². The van der Waals surface area contributed by atoms with E-state index in [1.807, 2.05) is 61.2 Å². The Bertz CT molecular complexity index is 737. The topological polar surface area (TPSA) is 49.3 Å². The second kappa shape index (κ2) is 8.30. The summed E-state index contributed by atoms with van der Waals surface area (Å²) < 4.78 is 0. The first-order valence-electron chi connectivity index (χ1n) is 9.35. The minimum Gasteiger partial charge on any atom is -0.363 e. The molecule has 1 aromatic heterocycles. The molecule has 26 heavy (non-hydrogen) atoms. The van der Waals surface area contributed by atoms with Gasteiger partial charge in [0.2, 0.25) is 5.91 Å². The number of rotatable bonds is 5. The zero-order valence-electron chi connectivity index (χ0n) is 16.0. The van der Waals surface area contributed by atoms with E-state index in [0.717, 1.165) is 55.3 Å². The van der Waals surface area contributed by atoms with Crippen LogP contribution in [0, 0.1) is 12.8 Å². The van der Waals surface area contributed by atoms with Crippen molar-refractivity contribution in [3.05, 3.63) is 53.5 Å². The number of hydrogen-bond acceptors (Lipinski definition) is 4. The molecule has 0 N–H and O–H groups in total. The third-order valence-corrected chi connectivity index (χ3v) is 5.00. The van der Waals surface area contributed by atoms with E-state index in [0.29, 0.717) is 12.3 Å². The van der Waals surface area contributed by atoms with Crippen molar-refractivity contribution < 1.29 is 4.79 Å². The Balaban J connectivity index is 1.53. The van der Waals surface area contributed by atoms with Gasteiger partial charge in [-0.1, -0.05) is 30.3 Å². The van der Waals surface area contributed by atoms with Crippen LogP contribution in [0.2, 0.25) is 0 Å². The Labute approximate surface area is 156 Å². The number of anilines is 1. The van der Waals surface area contributed by atoms with Crippen LogP contribution in [0.5, 0.6) is 0 Å². The van der Waals surface area contributed by atoms with Crippen LogP contribution in [-0.4, -0.2) is 48.0 Å². The highest BCUT2D eigenvalue weighted by Gasteiger charge is 2.23. The highest BCUT2D eigenvalue weighted by Crippen LogP contribution is 2.23. The second-order valence-corrected chi connectivity index (χ2v) is 7.35. The molecule has 1 fully saturated rings. The van der Waals surface area contributed by atoms with E-state index < -0.39 is 0 Å². The van der Waals surface area contributed by atoms with Crippen LogP contribution in [0.25, 0.3) is 0 Å². The van der Waals surface area contributed by atoms with E-state index in [4.69, 9.17) is 0 Å². The van der Waals surface area contributed by atoms with Gasteiger partial charge in [-0.15, -0.1) is 0 Å². The number of hydrogen-bond donors (Lipinski definition) is 0. The molecule has 1 aliphatic heterocycles. The van der Waals surface area contributed by atoms with Crippen molar-refractivity contribution in [2.24, 2.45) is 5.92 Å². The highest BCUT2D eigenvalue weighted by molar-refractivity contribution is 5.78. The minimum absolute atomic E-state index is 0.238. The molecular formula is C21H28N4O. The van der Waals surface area contributed by atoms with Crippen LogP contribution < -0.4 is 4.90 Å². The molecule has 1 aromatic carbocycles. The molecule has 0 bridgehead atoms. The van der Waals surface area contributed by atoms with Crippen LogP contribution in [0.1, 0.15) is 29.9 Å². The smallest absolute Gasteiger partial charge is 0.226 e. The number of nitrogens with zero attached hydrogens (tertiary/aromatic N) is 4. The maximum Gasteiger partial charge on any atom is 0.226 e. The SMILES string of the molecule is Cc1nc(CC2CCN(C(=O)Cc3ccccc3)CC2)cc(N(C)C)n1. The first kappa shape index (κ1) is 18.4. The van der Waals surface area contributed by atoms with E-state index in [9.17, 15) is 4.79 Å². The molecule has 3 rings (SSSR count). The monoisotopic (exact) mass is 352 g/mol. The lowest BCUT2D eigenvalue weighted by molar-refractivity contribution is -0.131. The molecule has 138 valence electrons. The van der Waals surface area contributed by atoms with Gasteiger partial charge in [-0.3, -0.25) is 4.79 Å². The molecule has 2 aromatic rings. The quantitative estimate of drug-likeness (QED) is 0.830. The average molecular weight is 352 g/mol. The molecule has 5 nitrogen and oxygen atoms in total. The number of aromatic nitrogens is 2. The van der Waals surface area contributed by atoms with Gasteiger partial charge < -0.3 is 9.80 Å². The molecule has 0 spiro atoms. The number of aryl methyl sites for hydroxylation is 1. The van der Waals surface area contributed by atoms with Gasteiger partial charge in [0.25, 0.3) is 0 Å². The van der Waals surface area contributed by atoms with Crippen molar-refractivity contribution in [1.82, 2.24) is 14.9 Å². The molecule has 1 saturated heterocycles. The largest absolute Gasteiger partial charge is 0.363 e. The van der Waals surface area contributed by atoms with Crippen molar-refractivity contribution in [2.45, 2.75) is 32.6 Å². The van der Waals surface area contributed by atoms with E-state index in [1.165, 1.54) is 0 Å². The molecule has 0 aliphatic carbocycles. The first-order chi connectivity index (χ1) is 12.5. The Hall–Kier alpha value is -2.43. The molecule has 2 heterocycles. The number of likely N-dealkylation sites (tertiary alicyclic amines) is 1. The van der Waals surface area contributed by atoms with Crippen LogP contribution in [0.4, 0.5) is 5.82 Å². The van der Waals surface area contributed by atoms with Gasteiger partial charge in [-0.25, -0.2) is 9.97 Å². The number of amides is 1. The van der Waals surface area contributed by atoms with Gasteiger partial charge in [0, 0.05) is 38.9 Å². The van der Waals surface area contributed by atoms with Crippen LogP contribution in [0.15, 0.2) is 36.4 Å². The molecule has 0 atom stereocenters. The van der Waals surface area contributed by atoms with Crippen molar-refractivity contribution in [2.75, 3.05) is 32.1 Å². The zero-order valence-corrected chi connectivity index (χ0v) is 16.0. The zero-order chi connectivity index (χ0) is 18.5. The summed E-state index contributed by atoms with van der Waals surface area (Å²) in [7, 11) is 4.00. The minimum atomic E-state index is 0.238. The van der Waals surface area contributed by atoms with E-state index in [2.05, 4.69) is 16.0 Å². The summed E-state index contributed by atoms with van der Waals surface area (Å²) in [5, 5.41) is 0. The van der Waals surface area contributed by atoms with Gasteiger partial charge in [0.1, 0.15) is 11.6 Å². The lowest BCUT2D eigenvalue weighted by atomic mass is 9.91. The summed E-state index contributed by atoms with van der Waals surface area (Å²) in [6.45, 7) is 3.64. The highest BCUT2D eigenvalue weighted by atomic mass is 16.2. The summed E-state index contributed by atoms with van der Waals surface area (Å²) in [4.78, 5) is 25.6. The Morgan fingerprint density at radius 1 is 1.15 bits per heavy atom. The lowest BCUT2D eigenvalue weighted by Crippen LogP contribution is -2.39. The molecule has 1 amide bonds. The van der Waals surface area contributed by atoms with Crippen LogP contribution in [-0.2, 0) is 17.6 Å². The van der Waals surface area contributed by atoms with Gasteiger partial charge in [-0.05, 0) is 37.7 Å². The molecule has 0 radical (unpaired) electrons. The van der Waals surface area contributed by atoms with Gasteiger partial charge in [0.05, 0.1) is 6.42 Å². The van der Waals surface area contributed by atoms with Crippen molar-refractivity contribution in [1.29, 1.82) is 0 Å². The van der Waals surface area contributed by atoms with Gasteiger partial charge in [0.15, 0.2) is 0 Å². The van der Waals surface area contributed by atoms with Crippen molar-refractivity contribution >= 4 is 11.7 Å². The maximum atomic E-state index is 12.5. The Morgan fingerprint density at radius 2 is 1.85 bits per heavy atom. The number of benzene rings is 1. The maximum absolute atomic E-state index is 12.5. The molecule has 0 unspecified atom stereocenters. The lowest BCUT2D eigenvalue weighted by Gasteiger charge is -2.32. The molecule has 0 saturated carbocycles. The fraction of sp³-hybridized carbons (Fsp3) is 0.476. The predicted molar refractivity (Wildman–Crippen MR) is 104 cm³/mol. The van der Waals surface area contributed by atoms with Gasteiger partial charge in [-0.2, -0.15) is 0 Å². The normalized spacial score (nSPS) is 15.1. The third kappa shape index (κ3) is 4.81. The summed E-state index contributed by atoms with van der Waals surface area (Å²) >= 11 is 0. The first-order valence-corrected chi connectivity index (χ1v) is 9.35. The summed E-state index contributed by atoms with van der Waals surface area (Å²) in [6, 6.07) is 12.1. The summed E-state index contributed by atoms with van der Waals surface area (Å²) in [5.41, 5.74) is 2.20. The summed E-state index contributed by atoms with van der Waals surface area (Å²) in [5.74, 6) is 2.60. The molecular weight excluding hydrogens is 324 g/mol. The van der Waals surface area contributed by atoms with E-state index in [-0.39, 0.29) is 5.91 Å². The van der Waals surface area contributed by atoms with Gasteiger partial charge >= 0.3 is 0 Å². The third-order valence-electron chi connectivity index (χ3n) is 5.00. The fourth-order valence-electron chi connectivity index (χ4n) is 3.51. The number of piperidine rings is 1. The average Bonchev–Trinajstić information content (AvgIpc) is 2.62. The molecule has 5 heteroatoms. The fourth-order valence-corrected chi connectivity index (χ4v) is 3.51. The Morgan fingerprint density at radius 3 is 2.50 bits per heavy atom. The Kier molecular flexibility index (Phi) is 5.86. The van der Waals surface area contributed by atoms with Crippen molar-refractivity contribution in [3.63, 3.8) is 0 Å². The number of carbonyl (C=O) groups is 1. The van der Waals surface area contributed by atoms with Crippen molar-refractivity contribution in [3.8, 4) is 0 Å². The second-order valence-electron chi connectivity index (χ2n) is 7.35.